The summed E-state index contributed by atoms with van der Waals surface area (Å²) < 4.78 is 1.94. The Labute approximate surface area is 132 Å². The Bertz CT molecular complexity index is 633. The molecule has 0 atom stereocenters. The highest BCUT2D eigenvalue weighted by Gasteiger charge is 2.41. The van der Waals surface area contributed by atoms with Crippen LogP contribution in [0.5, 0.6) is 0 Å². The third-order valence-electron chi connectivity index (χ3n) is 4.87. The van der Waals surface area contributed by atoms with Crippen LogP contribution in [-0.2, 0) is 5.54 Å². The highest BCUT2D eigenvalue weighted by atomic mass is 15.6. The molecule has 1 aliphatic rings. The van der Waals surface area contributed by atoms with E-state index in [4.69, 9.17) is 0 Å². The van der Waals surface area contributed by atoms with Gasteiger partial charge in [0, 0.05) is 0 Å². The summed E-state index contributed by atoms with van der Waals surface area (Å²) in [6.45, 7) is 4.23. The molecular weight excluding hydrogens is 274 g/mol. The number of tetrazole rings is 1. The van der Waals surface area contributed by atoms with E-state index < -0.39 is 0 Å². The van der Waals surface area contributed by atoms with E-state index in [-0.39, 0.29) is 5.54 Å². The van der Waals surface area contributed by atoms with Gasteiger partial charge in [0.25, 0.3) is 0 Å². The Balaban J connectivity index is 2.11. The van der Waals surface area contributed by atoms with Crippen molar-refractivity contribution < 1.29 is 0 Å². The highest BCUT2D eigenvalue weighted by molar-refractivity contribution is 5.39. The first-order chi connectivity index (χ1) is 10.5. The maximum Gasteiger partial charge on any atom is 0.176 e. The van der Waals surface area contributed by atoms with Crippen LogP contribution in [0.3, 0.4) is 0 Å². The van der Waals surface area contributed by atoms with Crippen molar-refractivity contribution in [1.82, 2.24) is 25.1 Å². The third kappa shape index (κ3) is 2.54. The van der Waals surface area contributed by atoms with Crippen LogP contribution in [0, 0.1) is 13.8 Å². The van der Waals surface area contributed by atoms with Gasteiger partial charge in [-0.15, -0.1) is 5.10 Å². The normalized spacial score (nSPS) is 17.9. The lowest BCUT2D eigenvalue weighted by molar-refractivity contribution is 0.0865. The summed E-state index contributed by atoms with van der Waals surface area (Å²) in [6, 6.07) is 6.48. The van der Waals surface area contributed by atoms with Crippen LogP contribution >= 0.6 is 0 Å². The molecule has 22 heavy (non-hydrogen) atoms. The van der Waals surface area contributed by atoms with Gasteiger partial charge in [0.1, 0.15) is 0 Å². The maximum atomic E-state index is 4.43. The van der Waals surface area contributed by atoms with E-state index in [0.717, 1.165) is 24.4 Å². The lowest BCUT2D eigenvalue weighted by Crippen LogP contribution is -2.45. The zero-order chi connectivity index (χ0) is 15.7. The fraction of sp³-hybridized carbons (Fsp3) is 0.588. The average Bonchev–Trinajstić information content (AvgIpc) is 2.96. The number of aromatic nitrogens is 4. The molecule has 1 heterocycles. The molecule has 0 saturated heterocycles. The van der Waals surface area contributed by atoms with Gasteiger partial charge < -0.3 is 0 Å². The lowest BCUT2D eigenvalue weighted by Gasteiger charge is -2.41. The standard InChI is InChI=1S/C17H25N5/c1-13-10-14(2)12-15(11-13)22-16(18-19-20-22)17(21(3)4)8-6-5-7-9-17/h10-12H,5-9H2,1-4H3. The zero-order valence-corrected chi connectivity index (χ0v) is 14.0. The molecule has 0 N–H and O–H groups in total. The summed E-state index contributed by atoms with van der Waals surface area (Å²) in [5.74, 6) is 0.974. The van der Waals surface area contributed by atoms with Gasteiger partial charge in [0.2, 0.25) is 0 Å². The van der Waals surface area contributed by atoms with Crippen LogP contribution < -0.4 is 0 Å². The SMILES string of the molecule is Cc1cc(C)cc(-n2nnnc2C2(N(C)C)CCCCC2)c1. The van der Waals surface area contributed by atoms with Gasteiger partial charge >= 0.3 is 0 Å². The van der Waals surface area contributed by atoms with E-state index in [1.54, 1.807) is 0 Å². The van der Waals surface area contributed by atoms with Gasteiger partial charge in [-0.3, -0.25) is 4.90 Å². The second-order valence-corrected chi connectivity index (χ2v) is 6.75. The second-order valence-electron chi connectivity index (χ2n) is 6.75. The summed E-state index contributed by atoms with van der Waals surface area (Å²) in [4.78, 5) is 2.30. The van der Waals surface area contributed by atoms with Crippen molar-refractivity contribution in [3.05, 3.63) is 35.2 Å². The van der Waals surface area contributed by atoms with E-state index in [1.807, 2.05) is 4.68 Å². The van der Waals surface area contributed by atoms with Gasteiger partial charge in [-0.05, 0) is 74.5 Å². The minimum atomic E-state index is -0.0561. The number of nitrogens with zero attached hydrogens (tertiary/aromatic N) is 5. The van der Waals surface area contributed by atoms with Crippen molar-refractivity contribution in [2.45, 2.75) is 51.5 Å². The number of aryl methyl sites for hydroxylation is 2. The Morgan fingerprint density at radius 3 is 2.23 bits per heavy atom. The van der Waals surface area contributed by atoms with Crippen LogP contribution in [-0.4, -0.2) is 39.2 Å². The molecule has 1 aromatic heterocycles. The van der Waals surface area contributed by atoms with E-state index in [0.29, 0.717) is 0 Å². The molecular formula is C17H25N5. The third-order valence-corrected chi connectivity index (χ3v) is 4.87. The van der Waals surface area contributed by atoms with E-state index in [9.17, 15) is 0 Å². The molecule has 0 radical (unpaired) electrons. The molecule has 1 saturated carbocycles. The first-order valence-electron chi connectivity index (χ1n) is 8.08. The average molecular weight is 299 g/mol. The topological polar surface area (TPSA) is 46.8 Å². The minimum Gasteiger partial charge on any atom is -0.297 e. The van der Waals surface area contributed by atoms with Gasteiger partial charge in [-0.25, -0.2) is 0 Å². The second kappa shape index (κ2) is 5.80. The largest absolute Gasteiger partial charge is 0.297 e. The highest BCUT2D eigenvalue weighted by Crippen LogP contribution is 2.40. The smallest absolute Gasteiger partial charge is 0.176 e. The van der Waals surface area contributed by atoms with Gasteiger partial charge in [-0.2, -0.15) is 4.68 Å². The van der Waals surface area contributed by atoms with Crippen LogP contribution in [0.4, 0.5) is 0 Å². The summed E-state index contributed by atoms with van der Waals surface area (Å²) in [5.41, 5.74) is 3.47. The van der Waals surface area contributed by atoms with E-state index in [2.05, 4.69) is 66.6 Å². The van der Waals surface area contributed by atoms with Crippen LogP contribution in [0.15, 0.2) is 18.2 Å². The quantitative estimate of drug-likeness (QED) is 0.874. The minimum absolute atomic E-state index is 0.0561. The molecule has 5 heteroatoms. The predicted octanol–water partition coefficient (Wildman–Crippen LogP) is 3.00. The van der Waals surface area contributed by atoms with Crippen LogP contribution in [0.1, 0.15) is 49.1 Å². The molecule has 118 valence electrons. The molecule has 0 amide bonds. The van der Waals surface area contributed by atoms with E-state index in [1.165, 1.54) is 30.4 Å². The fourth-order valence-corrected chi connectivity index (χ4v) is 3.73. The molecule has 1 aromatic carbocycles. The van der Waals surface area contributed by atoms with Crippen molar-refractivity contribution in [1.29, 1.82) is 0 Å². The summed E-state index contributed by atoms with van der Waals surface area (Å²) in [5, 5.41) is 12.7. The number of benzene rings is 1. The lowest BCUT2D eigenvalue weighted by atomic mass is 9.80. The molecule has 3 rings (SSSR count). The fourth-order valence-electron chi connectivity index (χ4n) is 3.73. The first-order valence-corrected chi connectivity index (χ1v) is 8.08. The van der Waals surface area contributed by atoms with E-state index >= 15 is 0 Å². The molecule has 0 bridgehead atoms. The monoisotopic (exact) mass is 299 g/mol. The Morgan fingerprint density at radius 2 is 1.64 bits per heavy atom. The van der Waals surface area contributed by atoms with Crippen molar-refractivity contribution >= 4 is 0 Å². The van der Waals surface area contributed by atoms with Gasteiger partial charge in [-0.1, -0.05) is 25.3 Å². The molecule has 1 aliphatic carbocycles. The Kier molecular flexibility index (Phi) is 4.00. The number of hydrogen-bond donors (Lipinski definition) is 0. The number of rotatable bonds is 3. The molecule has 5 nitrogen and oxygen atoms in total. The van der Waals surface area contributed by atoms with Crippen molar-refractivity contribution in [3.8, 4) is 5.69 Å². The molecule has 0 aliphatic heterocycles. The Hall–Kier alpha value is -1.75. The predicted molar refractivity (Wildman–Crippen MR) is 87.1 cm³/mol. The molecule has 0 spiro atoms. The summed E-state index contributed by atoms with van der Waals surface area (Å²) in [6.07, 6.45) is 6.01. The van der Waals surface area contributed by atoms with Gasteiger partial charge in [0.15, 0.2) is 5.82 Å². The number of hydrogen-bond acceptors (Lipinski definition) is 4. The Morgan fingerprint density at radius 1 is 1.00 bits per heavy atom. The van der Waals surface area contributed by atoms with Crippen molar-refractivity contribution in [2.75, 3.05) is 14.1 Å². The van der Waals surface area contributed by atoms with Crippen molar-refractivity contribution in [3.63, 3.8) is 0 Å². The maximum absolute atomic E-state index is 4.43. The molecule has 2 aromatic rings. The van der Waals surface area contributed by atoms with Crippen LogP contribution in [0.2, 0.25) is 0 Å². The van der Waals surface area contributed by atoms with Crippen molar-refractivity contribution in [2.24, 2.45) is 0 Å². The zero-order valence-electron chi connectivity index (χ0n) is 14.0. The van der Waals surface area contributed by atoms with Crippen LogP contribution in [0.25, 0.3) is 5.69 Å². The summed E-state index contributed by atoms with van der Waals surface area (Å²) >= 11 is 0. The first kappa shape index (κ1) is 15.2. The molecule has 1 fully saturated rings. The van der Waals surface area contributed by atoms with Gasteiger partial charge in [0.05, 0.1) is 11.2 Å². The summed E-state index contributed by atoms with van der Waals surface area (Å²) in [7, 11) is 4.29. The molecule has 0 unspecified atom stereocenters.